The van der Waals surface area contributed by atoms with Gasteiger partial charge in [0.25, 0.3) is 0 Å². The normalized spacial score (nSPS) is 36.6. The minimum atomic E-state index is -0.917. The quantitative estimate of drug-likeness (QED) is 0.283. The third-order valence-electron chi connectivity index (χ3n) is 11.6. The number of nitrogens with one attached hydrogen (secondary N) is 1. The van der Waals surface area contributed by atoms with E-state index in [1.54, 1.807) is 6.07 Å². The van der Waals surface area contributed by atoms with Crippen LogP contribution >= 0.6 is 0 Å². The van der Waals surface area contributed by atoms with Gasteiger partial charge in [-0.2, -0.15) is 0 Å². The summed E-state index contributed by atoms with van der Waals surface area (Å²) in [4.78, 5) is 14.2. The Kier molecular flexibility index (Phi) is 6.73. The Morgan fingerprint density at radius 1 is 0.881 bits per heavy atom. The Hall–Kier alpha value is -2.67. The summed E-state index contributed by atoms with van der Waals surface area (Å²) < 4.78 is 0. The SMILES string of the molecule is Oc1cccc2c1[nH]c1c(C3=C[C@@]4(O)CC/C=C\CCCCN5CC[C@@H]3[C@]3(C[C@@H]6CCCCCCN6[C@H]34)C5)nccc12. The number of phenolic OH excluding ortho intramolecular Hbond substituents is 1. The summed E-state index contributed by atoms with van der Waals surface area (Å²) in [6.07, 6.45) is 22.9. The first-order valence-corrected chi connectivity index (χ1v) is 16.7. The summed E-state index contributed by atoms with van der Waals surface area (Å²) in [5.74, 6) is 0.622. The molecule has 3 bridgehead atoms. The fourth-order valence-electron chi connectivity index (χ4n) is 10.0. The van der Waals surface area contributed by atoms with Crippen molar-refractivity contribution in [3.05, 3.63) is 54.4 Å². The second-order valence-corrected chi connectivity index (χ2v) is 14.1. The fourth-order valence-corrected chi connectivity index (χ4v) is 10.0. The topological polar surface area (TPSA) is 75.6 Å². The molecule has 6 heteroatoms. The zero-order valence-electron chi connectivity index (χ0n) is 24.9. The van der Waals surface area contributed by atoms with E-state index in [4.69, 9.17) is 4.98 Å². The molecule has 5 aliphatic rings. The summed E-state index contributed by atoms with van der Waals surface area (Å²) >= 11 is 0. The Morgan fingerprint density at radius 2 is 1.74 bits per heavy atom. The first kappa shape index (κ1) is 26.9. The van der Waals surface area contributed by atoms with Crippen LogP contribution in [0.4, 0.5) is 0 Å². The lowest BCUT2D eigenvalue weighted by Gasteiger charge is -2.58. The molecule has 3 N–H and O–H groups in total. The number of rotatable bonds is 1. The second-order valence-electron chi connectivity index (χ2n) is 14.1. The average Bonchev–Trinajstić information content (AvgIpc) is 3.50. The number of aromatic amines is 1. The number of benzene rings is 1. The lowest BCUT2D eigenvalue weighted by molar-refractivity contribution is -0.0909. The van der Waals surface area contributed by atoms with Crippen LogP contribution in [0.25, 0.3) is 27.4 Å². The highest BCUT2D eigenvalue weighted by molar-refractivity contribution is 6.11. The van der Waals surface area contributed by atoms with E-state index >= 15 is 0 Å². The van der Waals surface area contributed by atoms with Gasteiger partial charge in [0.1, 0.15) is 5.75 Å². The highest BCUT2D eigenvalue weighted by atomic mass is 16.3. The first-order chi connectivity index (χ1) is 20.6. The molecule has 6 heterocycles. The third-order valence-corrected chi connectivity index (χ3v) is 11.6. The van der Waals surface area contributed by atoms with Gasteiger partial charge in [0.15, 0.2) is 0 Å². The zero-order chi connectivity index (χ0) is 28.3. The number of piperidine rings is 1. The Bertz CT molecular complexity index is 1540. The van der Waals surface area contributed by atoms with Crippen molar-refractivity contribution in [3.63, 3.8) is 0 Å². The monoisotopic (exact) mass is 566 g/mol. The minimum absolute atomic E-state index is 0.00184. The maximum Gasteiger partial charge on any atom is 0.139 e. The van der Waals surface area contributed by atoms with Crippen LogP contribution in [0.1, 0.15) is 82.7 Å². The van der Waals surface area contributed by atoms with E-state index in [0.29, 0.717) is 12.0 Å². The summed E-state index contributed by atoms with van der Waals surface area (Å²) in [7, 11) is 0. The average molecular weight is 567 g/mol. The van der Waals surface area contributed by atoms with Crippen LogP contribution in [0.15, 0.2) is 48.7 Å². The maximum atomic E-state index is 13.1. The number of phenols is 1. The van der Waals surface area contributed by atoms with Gasteiger partial charge in [-0.05, 0) is 107 Å². The van der Waals surface area contributed by atoms with Crippen molar-refractivity contribution >= 4 is 27.4 Å². The van der Waals surface area contributed by atoms with Crippen LogP contribution in [0.3, 0.4) is 0 Å². The van der Waals surface area contributed by atoms with Crippen molar-refractivity contribution in [1.82, 2.24) is 19.8 Å². The van der Waals surface area contributed by atoms with Crippen molar-refractivity contribution in [2.45, 2.75) is 94.7 Å². The number of aliphatic hydroxyl groups is 1. The van der Waals surface area contributed by atoms with Gasteiger partial charge in [-0.3, -0.25) is 9.88 Å². The van der Waals surface area contributed by atoms with E-state index in [2.05, 4.69) is 45.1 Å². The van der Waals surface area contributed by atoms with Gasteiger partial charge in [-0.15, -0.1) is 0 Å². The number of allylic oxidation sites excluding steroid dienone is 3. The van der Waals surface area contributed by atoms with Crippen molar-refractivity contribution in [1.29, 1.82) is 0 Å². The number of hydrogen-bond acceptors (Lipinski definition) is 5. The number of pyridine rings is 1. The van der Waals surface area contributed by atoms with Gasteiger partial charge in [-0.25, -0.2) is 0 Å². The number of aromatic nitrogens is 2. The Balaban J connectivity index is 1.34. The van der Waals surface area contributed by atoms with Crippen molar-refractivity contribution < 1.29 is 10.2 Å². The van der Waals surface area contributed by atoms with E-state index in [1.165, 1.54) is 56.9 Å². The van der Waals surface area contributed by atoms with E-state index in [0.717, 1.165) is 79.4 Å². The molecule has 4 aliphatic heterocycles. The molecular weight excluding hydrogens is 520 g/mol. The lowest BCUT2D eigenvalue weighted by Crippen LogP contribution is -2.65. The molecule has 8 rings (SSSR count). The minimum Gasteiger partial charge on any atom is -0.506 e. The van der Waals surface area contributed by atoms with Crippen LogP contribution in [0.2, 0.25) is 0 Å². The molecule has 6 nitrogen and oxygen atoms in total. The van der Waals surface area contributed by atoms with E-state index in [-0.39, 0.29) is 17.2 Å². The van der Waals surface area contributed by atoms with Crippen molar-refractivity contribution in [3.8, 4) is 5.75 Å². The van der Waals surface area contributed by atoms with Crippen LogP contribution in [-0.2, 0) is 0 Å². The smallest absolute Gasteiger partial charge is 0.139 e. The molecular formula is C36H46N4O2. The molecule has 3 fully saturated rings. The van der Waals surface area contributed by atoms with Crippen molar-refractivity contribution in [2.75, 3.05) is 26.2 Å². The predicted octanol–water partition coefficient (Wildman–Crippen LogP) is 6.79. The van der Waals surface area contributed by atoms with Gasteiger partial charge in [0.2, 0.25) is 0 Å². The van der Waals surface area contributed by atoms with E-state index in [9.17, 15) is 10.2 Å². The molecule has 222 valence electrons. The maximum absolute atomic E-state index is 13.1. The van der Waals surface area contributed by atoms with Crippen LogP contribution in [0, 0.1) is 11.3 Å². The number of H-pyrrole nitrogens is 1. The number of nitrogens with zero attached hydrogens (tertiary/aromatic N) is 3. The molecule has 6 atom stereocenters. The predicted molar refractivity (Wildman–Crippen MR) is 169 cm³/mol. The molecule has 1 aliphatic carbocycles. The highest BCUT2D eigenvalue weighted by Gasteiger charge is 2.65. The molecule has 42 heavy (non-hydrogen) atoms. The molecule has 0 radical (unpaired) electrons. The molecule has 1 unspecified atom stereocenters. The van der Waals surface area contributed by atoms with E-state index in [1.807, 2.05) is 12.3 Å². The van der Waals surface area contributed by atoms with Crippen LogP contribution in [-0.4, -0.2) is 73.8 Å². The molecule has 0 amide bonds. The van der Waals surface area contributed by atoms with Crippen LogP contribution in [0.5, 0.6) is 5.75 Å². The number of aromatic hydroxyl groups is 1. The molecule has 3 saturated heterocycles. The summed E-state index contributed by atoms with van der Waals surface area (Å²) in [5, 5.41) is 25.9. The molecule has 3 aromatic rings. The molecule has 0 saturated carbocycles. The summed E-state index contributed by atoms with van der Waals surface area (Å²) in [5.41, 5.74) is 3.04. The highest BCUT2D eigenvalue weighted by Crippen LogP contribution is 2.62. The second kappa shape index (κ2) is 10.5. The number of fused-ring (bicyclic) bond motifs is 5. The van der Waals surface area contributed by atoms with Gasteiger partial charge in [0.05, 0.1) is 22.3 Å². The Labute approximate surface area is 249 Å². The number of para-hydroxylation sites is 1. The molecule has 2 aromatic heterocycles. The first-order valence-electron chi connectivity index (χ1n) is 16.7. The van der Waals surface area contributed by atoms with Crippen molar-refractivity contribution in [2.24, 2.45) is 11.3 Å². The molecule has 1 aromatic carbocycles. The van der Waals surface area contributed by atoms with Gasteiger partial charge in [-0.1, -0.05) is 43.5 Å². The zero-order valence-corrected chi connectivity index (χ0v) is 24.9. The fraction of sp³-hybridized carbons (Fsp3) is 0.583. The van der Waals surface area contributed by atoms with Crippen LogP contribution < -0.4 is 0 Å². The van der Waals surface area contributed by atoms with E-state index < -0.39 is 5.60 Å². The number of hydrogen-bond donors (Lipinski definition) is 3. The standard InChI is InChI=1S/C36H46N4O2/c41-30-14-11-13-26-27-15-18-37-32(33(27)38-31(26)30)28-23-36(42)17-8-4-1-2-5-9-19-39-21-16-29(28)35(24-39)22-25-12-7-3-6-10-20-40(25)34(35)36/h1,4,11,13-15,18,23,25,29,34,38,41-42H,2-3,5-10,12,16-17,19-22,24H2/b4-1-/t25-,29-,34+,35-,36-/m0/s1. The Morgan fingerprint density at radius 3 is 2.69 bits per heavy atom. The molecule has 1 spiro atoms. The van der Waals surface area contributed by atoms with Gasteiger partial charge in [0, 0.05) is 41.0 Å². The summed E-state index contributed by atoms with van der Waals surface area (Å²) in [6.45, 7) is 4.46. The van der Waals surface area contributed by atoms with Gasteiger partial charge < -0.3 is 20.1 Å². The van der Waals surface area contributed by atoms with Gasteiger partial charge >= 0.3 is 0 Å². The lowest BCUT2D eigenvalue weighted by atomic mass is 9.54. The largest absolute Gasteiger partial charge is 0.506 e. The third kappa shape index (κ3) is 4.20. The summed E-state index contributed by atoms with van der Waals surface area (Å²) in [6, 6.07) is 8.50.